The highest BCUT2D eigenvalue weighted by Crippen LogP contribution is 2.43. The third kappa shape index (κ3) is 1.33. The van der Waals surface area contributed by atoms with Gasteiger partial charge in [0.1, 0.15) is 5.84 Å². The van der Waals surface area contributed by atoms with Crippen molar-refractivity contribution < 1.29 is 8.78 Å². The molecule has 0 amide bonds. The molecule has 3 nitrogen and oxygen atoms in total. The Labute approximate surface area is 63.5 Å². The van der Waals surface area contributed by atoms with Gasteiger partial charge in [0, 0.05) is 19.9 Å². The largest absolute Gasteiger partial charge is 0.386 e. The normalized spacial score (nSPS) is 27.8. The van der Waals surface area contributed by atoms with Crippen LogP contribution in [0.5, 0.6) is 0 Å². The average molecular weight is 163 g/mol. The highest BCUT2D eigenvalue weighted by molar-refractivity contribution is 5.91. The maximum Gasteiger partial charge on any atom is 0.252 e. The summed E-state index contributed by atoms with van der Waals surface area (Å²) in [7, 11) is 1.44. The maximum atomic E-state index is 12.3. The summed E-state index contributed by atoms with van der Waals surface area (Å²) in [4.78, 5) is 3.58. The van der Waals surface area contributed by atoms with Gasteiger partial charge in [-0.25, -0.2) is 8.78 Å². The van der Waals surface area contributed by atoms with E-state index in [2.05, 4.69) is 4.99 Å². The van der Waals surface area contributed by atoms with Crippen molar-refractivity contribution in [1.82, 2.24) is 0 Å². The van der Waals surface area contributed by atoms with Gasteiger partial charge in [0.15, 0.2) is 0 Å². The van der Waals surface area contributed by atoms with Crippen molar-refractivity contribution in [2.24, 2.45) is 16.5 Å². The fraction of sp³-hybridized carbons (Fsp3) is 0.833. The van der Waals surface area contributed by atoms with Crippen LogP contribution in [0.4, 0.5) is 8.78 Å². The van der Waals surface area contributed by atoms with Crippen molar-refractivity contribution >= 4 is 5.84 Å². The Morgan fingerprint density at radius 1 is 1.45 bits per heavy atom. The first kappa shape index (κ1) is 8.39. The summed E-state index contributed by atoms with van der Waals surface area (Å²) >= 11 is 0. The molecule has 0 saturated heterocycles. The molecule has 0 aliphatic heterocycles. The first-order valence-corrected chi connectivity index (χ1v) is 3.29. The molecule has 1 aliphatic carbocycles. The monoisotopic (exact) mass is 163 g/mol. The number of aliphatic imine (C=N–C) groups is 1. The predicted octanol–water partition coefficient (Wildman–Crippen LogP) is 0.1000. The molecule has 11 heavy (non-hydrogen) atoms. The fourth-order valence-corrected chi connectivity index (χ4v) is 1.28. The summed E-state index contributed by atoms with van der Waals surface area (Å²) in [5, 5.41) is 0. The van der Waals surface area contributed by atoms with E-state index in [1.807, 2.05) is 0 Å². The number of rotatable bonds is 1. The molecule has 0 radical (unpaired) electrons. The van der Waals surface area contributed by atoms with Gasteiger partial charge in [-0.2, -0.15) is 0 Å². The van der Waals surface area contributed by atoms with Crippen molar-refractivity contribution in [3.63, 3.8) is 0 Å². The second-order valence-corrected chi connectivity index (χ2v) is 2.97. The third-order valence-electron chi connectivity index (χ3n) is 1.90. The van der Waals surface area contributed by atoms with Crippen LogP contribution in [0.1, 0.15) is 12.8 Å². The molecule has 0 aromatic heterocycles. The van der Waals surface area contributed by atoms with Gasteiger partial charge >= 0.3 is 0 Å². The van der Waals surface area contributed by atoms with Crippen LogP contribution in [-0.2, 0) is 0 Å². The number of hydrogen-bond acceptors (Lipinski definition) is 2. The zero-order valence-corrected chi connectivity index (χ0v) is 6.27. The summed E-state index contributed by atoms with van der Waals surface area (Å²) in [6.45, 7) is 0. The minimum Gasteiger partial charge on any atom is -0.386 e. The molecule has 1 rings (SSSR count). The van der Waals surface area contributed by atoms with E-state index in [0.29, 0.717) is 0 Å². The van der Waals surface area contributed by atoms with Crippen LogP contribution in [0.2, 0.25) is 0 Å². The van der Waals surface area contributed by atoms with Crippen LogP contribution in [0.15, 0.2) is 4.99 Å². The van der Waals surface area contributed by atoms with Crippen molar-refractivity contribution in [3.8, 4) is 0 Å². The molecule has 0 heterocycles. The Bertz CT molecular complexity index is 192. The van der Waals surface area contributed by atoms with E-state index in [-0.39, 0.29) is 18.7 Å². The van der Waals surface area contributed by atoms with Gasteiger partial charge in [0.2, 0.25) is 0 Å². The Kier molecular flexibility index (Phi) is 1.63. The lowest BCUT2D eigenvalue weighted by Gasteiger charge is -2.43. The van der Waals surface area contributed by atoms with E-state index in [9.17, 15) is 8.78 Å². The minimum atomic E-state index is -2.65. The molecule has 0 aromatic carbocycles. The van der Waals surface area contributed by atoms with Crippen LogP contribution in [0, 0.1) is 0 Å². The molecule has 0 aromatic rings. The molecule has 1 fully saturated rings. The van der Waals surface area contributed by atoms with Crippen molar-refractivity contribution in [1.29, 1.82) is 0 Å². The standard InChI is InChI=1S/C6H11F2N3/c1-11-4(9)5(10)2-6(7,8)3-5/h2-3,10H2,1H3,(H2,9,11). The summed E-state index contributed by atoms with van der Waals surface area (Å²) in [6, 6.07) is 0. The van der Waals surface area contributed by atoms with Gasteiger partial charge in [0.25, 0.3) is 5.92 Å². The van der Waals surface area contributed by atoms with Crippen molar-refractivity contribution in [2.45, 2.75) is 24.3 Å². The number of alkyl halides is 2. The smallest absolute Gasteiger partial charge is 0.252 e. The number of amidine groups is 1. The molecule has 1 saturated carbocycles. The molecule has 64 valence electrons. The lowest BCUT2D eigenvalue weighted by atomic mass is 9.73. The summed E-state index contributed by atoms with van der Waals surface area (Å²) in [6.07, 6.45) is -0.771. The number of nitrogens with zero attached hydrogens (tertiary/aromatic N) is 1. The predicted molar refractivity (Wildman–Crippen MR) is 38.6 cm³/mol. The van der Waals surface area contributed by atoms with Crippen LogP contribution in [0.25, 0.3) is 0 Å². The maximum absolute atomic E-state index is 12.3. The van der Waals surface area contributed by atoms with Gasteiger partial charge < -0.3 is 11.5 Å². The zero-order chi connectivity index (χ0) is 8.70. The van der Waals surface area contributed by atoms with E-state index in [1.54, 1.807) is 0 Å². The number of hydrogen-bond donors (Lipinski definition) is 2. The van der Waals surface area contributed by atoms with E-state index >= 15 is 0 Å². The van der Waals surface area contributed by atoms with Gasteiger partial charge in [-0.1, -0.05) is 0 Å². The van der Waals surface area contributed by atoms with Crippen LogP contribution < -0.4 is 11.5 Å². The van der Waals surface area contributed by atoms with Crippen LogP contribution in [-0.4, -0.2) is 24.3 Å². The Balaban J connectivity index is 2.63. The zero-order valence-electron chi connectivity index (χ0n) is 6.27. The Morgan fingerprint density at radius 3 is 2.18 bits per heavy atom. The molecular formula is C6H11F2N3. The molecular weight excluding hydrogens is 152 g/mol. The quantitative estimate of drug-likeness (QED) is 0.425. The lowest BCUT2D eigenvalue weighted by Crippen LogP contribution is -2.65. The van der Waals surface area contributed by atoms with Crippen LogP contribution >= 0.6 is 0 Å². The van der Waals surface area contributed by atoms with E-state index in [1.165, 1.54) is 7.05 Å². The van der Waals surface area contributed by atoms with E-state index in [0.717, 1.165) is 0 Å². The van der Waals surface area contributed by atoms with Gasteiger partial charge in [0.05, 0.1) is 5.54 Å². The van der Waals surface area contributed by atoms with Crippen molar-refractivity contribution in [3.05, 3.63) is 0 Å². The number of halogens is 2. The van der Waals surface area contributed by atoms with Crippen LogP contribution in [0.3, 0.4) is 0 Å². The highest BCUT2D eigenvalue weighted by Gasteiger charge is 2.56. The molecule has 1 aliphatic rings. The molecule has 0 bridgehead atoms. The molecule has 0 unspecified atom stereocenters. The first-order valence-electron chi connectivity index (χ1n) is 3.29. The summed E-state index contributed by atoms with van der Waals surface area (Å²) in [5.41, 5.74) is 9.76. The molecule has 5 heteroatoms. The van der Waals surface area contributed by atoms with E-state index < -0.39 is 11.5 Å². The summed E-state index contributed by atoms with van der Waals surface area (Å²) < 4.78 is 24.7. The van der Waals surface area contributed by atoms with E-state index in [4.69, 9.17) is 11.5 Å². The van der Waals surface area contributed by atoms with Gasteiger partial charge in [-0.3, -0.25) is 4.99 Å². The first-order chi connectivity index (χ1) is 4.90. The highest BCUT2D eigenvalue weighted by atomic mass is 19.3. The molecule has 0 spiro atoms. The fourth-order valence-electron chi connectivity index (χ4n) is 1.28. The Hall–Kier alpha value is -0.710. The topological polar surface area (TPSA) is 64.4 Å². The summed E-state index contributed by atoms with van der Waals surface area (Å²) in [5.74, 6) is -2.53. The Morgan fingerprint density at radius 2 is 1.91 bits per heavy atom. The average Bonchev–Trinajstić information content (AvgIpc) is 1.81. The molecule has 0 atom stereocenters. The second kappa shape index (κ2) is 2.14. The second-order valence-electron chi connectivity index (χ2n) is 2.97. The third-order valence-corrected chi connectivity index (χ3v) is 1.90. The molecule has 4 N–H and O–H groups in total. The lowest BCUT2D eigenvalue weighted by molar-refractivity contribution is -0.101. The van der Waals surface area contributed by atoms with Gasteiger partial charge in [-0.05, 0) is 0 Å². The SMILES string of the molecule is CN=C(N)C1(N)CC(F)(F)C1. The number of nitrogens with two attached hydrogens (primary N) is 2. The van der Waals surface area contributed by atoms with Gasteiger partial charge in [-0.15, -0.1) is 0 Å². The minimum absolute atomic E-state index is 0.114. The van der Waals surface area contributed by atoms with Crippen molar-refractivity contribution in [2.75, 3.05) is 7.05 Å².